The second-order valence-electron chi connectivity index (χ2n) is 5.42. The lowest BCUT2D eigenvalue weighted by molar-refractivity contribution is -0.127. The average Bonchev–Trinajstić information content (AvgIpc) is 2.82. The van der Waals surface area contributed by atoms with Gasteiger partial charge in [0, 0.05) is 11.8 Å². The van der Waals surface area contributed by atoms with Gasteiger partial charge in [0.25, 0.3) is 11.1 Å². The highest BCUT2D eigenvalue weighted by Crippen LogP contribution is 2.32. The number of hydrogen-bond acceptors (Lipinski definition) is 5. The predicted octanol–water partition coefficient (Wildman–Crippen LogP) is 3.21. The number of phenols is 1. The summed E-state index contributed by atoms with van der Waals surface area (Å²) in [5.41, 5.74) is 0.789. The maximum atomic E-state index is 13.2. The zero-order chi connectivity index (χ0) is 18.7. The molecular formula is C18H13FN2O4S. The Bertz CT molecular complexity index is 929. The molecular weight excluding hydrogens is 359 g/mol. The van der Waals surface area contributed by atoms with E-state index in [-0.39, 0.29) is 10.7 Å². The van der Waals surface area contributed by atoms with Gasteiger partial charge in [-0.05, 0) is 47.7 Å². The van der Waals surface area contributed by atoms with E-state index in [1.807, 2.05) is 0 Å². The fourth-order valence-corrected chi connectivity index (χ4v) is 3.15. The van der Waals surface area contributed by atoms with E-state index in [1.165, 1.54) is 36.4 Å². The van der Waals surface area contributed by atoms with Crippen LogP contribution in [0.4, 0.5) is 14.9 Å². The third-order valence-electron chi connectivity index (χ3n) is 3.45. The molecule has 0 bridgehead atoms. The summed E-state index contributed by atoms with van der Waals surface area (Å²) < 4.78 is 13.2. The third-order valence-corrected chi connectivity index (χ3v) is 4.36. The quantitative estimate of drug-likeness (QED) is 0.805. The number of carbonyl (C=O) groups excluding carboxylic acids is 3. The number of imide groups is 1. The largest absolute Gasteiger partial charge is 0.508 e. The van der Waals surface area contributed by atoms with Crippen molar-refractivity contribution >= 4 is 40.6 Å². The van der Waals surface area contributed by atoms with Gasteiger partial charge in [0.1, 0.15) is 18.1 Å². The van der Waals surface area contributed by atoms with E-state index in [9.17, 15) is 23.9 Å². The van der Waals surface area contributed by atoms with Gasteiger partial charge in [0.05, 0.1) is 4.91 Å². The van der Waals surface area contributed by atoms with Gasteiger partial charge in [-0.15, -0.1) is 0 Å². The molecule has 1 aliphatic heterocycles. The van der Waals surface area contributed by atoms with Crippen molar-refractivity contribution in [2.75, 3.05) is 11.9 Å². The summed E-state index contributed by atoms with van der Waals surface area (Å²) in [4.78, 5) is 37.4. The molecule has 1 saturated heterocycles. The van der Waals surface area contributed by atoms with Crippen LogP contribution in [0, 0.1) is 5.82 Å². The van der Waals surface area contributed by atoms with Crippen LogP contribution < -0.4 is 5.32 Å². The fraction of sp³-hybridized carbons (Fsp3) is 0.0556. The van der Waals surface area contributed by atoms with Crippen LogP contribution in [0.15, 0.2) is 53.4 Å². The van der Waals surface area contributed by atoms with Crippen molar-refractivity contribution in [1.82, 2.24) is 4.90 Å². The lowest BCUT2D eigenvalue weighted by atomic mass is 10.2. The van der Waals surface area contributed by atoms with E-state index in [0.29, 0.717) is 23.0 Å². The van der Waals surface area contributed by atoms with Crippen molar-refractivity contribution in [2.45, 2.75) is 0 Å². The number of aromatic hydroxyl groups is 1. The Hall–Kier alpha value is -3.13. The SMILES string of the molecule is O=C(CN1C(=O)S/C(=C\c2cccc(F)c2)C1=O)Nc1cccc(O)c1. The smallest absolute Gasteiger partial charge is 0.294 e. The van der Waals surface area contributed by atoms with E-state index in [4.69, 9.17) is 0 Å². The van der Waals surface area contributed by atoms with E-state index < -0.39 is 29.4 Å². The lowest BCUT2D eigenvalue weighted by Crippen LogP contribution is -2.36. The molecule has 1 aliphatic rings. The maximum Gasteiger partial charge on any atom is 0.294 e. The minimum Gasteiger partial charge on any atom is -0.508 e. The summed E-state index contributed by atoms with van der Waals surface area (Å²) in [5, 5.41) is 11.3. The van der Waals surface area contributed by atoms with Crippen molar-refractivity contribution in [3.63, 3.8) is 0 Å². The van der Waals surface area contributed by atoms with Crippen LogP contribution in [0.2, 0.25) is 0 Å². The number of thioether (sulfide) groups is 1. The van der Waals surface area contributed by atoms with Crippen molar-refractivity contribution in [1.29, 1.82) is 0 Å². The molecule has 132 valence electrons. The van der Waals surface area contributed by atoms with Gasteiger partial charge in [-0.2, -0.15) is 0 Å². The number of anilines is 1. The molecule has 0 atom stereocenters. The first-order valence-corrected chi connectivity index (χ1v) is 8.34. The average molecular weight is 372 g/mol. The molecule has 3 amide bonds. The molecule has 26 heavy (non-hydrogen) atoms. The summed E-state index contributed by atoms with van der Waals surface area (Å²) in [6.45, 7) is -0.458. The molecule has 6 nitrogen and oxygen atoms in total. The minimum atomic E-state index is -0.615. The van der Waals surface area contributed by atoms with Gasteiger partial charge in [0.2, 0.25) is 5.91 Å². The van der Waals surface area contributed by atoms with Gasteiger partial charge in [-0.1, -0.05) is 18.2 Å². The first-order chi connectivity index (χ1) is 12.4. The molecule has 2 N–H and O–H groups in total. The summed E-state index contributed by atoms with van der Waals surface area (Å²) in [7, 11) is 0. The molecule has 1 fully saturated rings. The van der Waals surface area contributed by atoms with Crippen molar-refractivity contribution in [2.24, 2.45) is 0 Å². The van der Waals surface area contributed by atoms with E-state index in [1.54, 1.807) is 18.2 Å². The lowest BCUT2D eigenvalue weighted by Gasteiger charge is -2.12. The van der Waals surface area contributed by atoms with Gasteiger partial charge >= 0.3 is 0 Å². The molecule has 0 radical (unpaired) electrons. The Kier molecular flexibility index (Phi) is 5.04. The standard InChI is InChI=1S/C18H13FN2O4S/c19-12-4-1-3-11(7-12)8-15-17(24)21(18(25)26-15)10-16(23)20-13-5-2-6-14(22)9-13/h1-9,22H,10H2,(H,20,23)/b15-8-. The number of rotatable bonds is 4. The Labute approximate surface area is 152 Å². The molecule has 8 heteroatoms. The van der Waals surface area contributed by atoms with Gasteiger partial charge in [-0.25, -0.2) is 4.39 Å². The second kappa shape index (κ2) is 7.40. The number of carbonyl (C=O) groups is 3. The highest BCUT2D eigenvalue weighted by atomic mass is 32.2. The number of halogens is 1. The Morgan fingerprint density at radius 3 is 2.69 bits per heavy atom. The van der Waals surface area contributed by atoms with Crippen LogP contribution in [0.25, 0.3) is 6.08 Å². The van der Waals surface area contributed by atoms with Crippen molar-refractivity contribution in [3.05, 3.63) is 64.8 Å². The fourth-order valence-electron chi connectivity index (χ4n) is 2.31. The second-order valence-corrected chi connectivity index (χ2v) is 6.41. The van der Waals surface area contributed by atoms with Crippen molar-refractivity contribution in [3.8, 4) is 5.75 Å². The van der Waals surface area contributed by atoms with Crippen LogP contribution >= 0.6 is 11.8 Å². The Morgan fingerprint density at radius 1 is 1.19 bits per heavy atom. The topological polar surface area (TPSA) is 86.7 Å². The number of nitrogens with zero attached hydrogens (tertiary/aromatic N) is 1. The normalized spacial score (nSPS) is 15.6. The monoisotopic (exact) mass is 372 g/mol. The number of nitrogens with one attached hydrogen (secondary N) is 1. The first-order valence-electron chi connectivity index (χ1n) is 7.52. The zero-order valence-electron chi connectivity index (χ0n) is 13.3. The minimum absolute atomic E-state index is 0.0213. The molecule has 2 aromatic rings. The van der Waals surface area contributed by atoms with Crippen LogP contribution in [-0.4, -0.2) is 33.6 Å². The molecule has 0 aromatic heterocycles. The van der Waals surface area contributed by atoms with Gasteiger partial charge in [0.15, 0.2) is 0 Å². The van der Waals surface area contributed by atoms with Crippen molar-refractivity contribution < 1.29 is 23.9 Å². The van der Waals surface area contributed by atoms with Gasteiger partial charge in [-0.3, -0.25) is 19.3 Å². The van der Waals surface area contributed by atoms with Gasteiger partial charge < -0.3 is 10.4 Å². The molecule has 1 heterocycles. The predicted molar refractivity (Wildman–Crippen MR) is 95.8 cm³/mol. The van der Waals surface area contributed by atoms with E-state index >= 15 is 0 Å². The number of phenolic OH excluding ortho intramolecular Hbond substituents is 1. The highest BCUT2D eigenvalue weighted by molar-refractivity contribution is 8.18. The van der Waals surface area contributed by atoms with Crippen LogP contribution in [-0.2, 0) is 9.59 Å². The number of benzene rings is 2. The van der Waals surface area contributed by atoms with Crippen LogP contribution in [0.1, 0.15) is 5.56 Å². The molecule has 2 aromatic carbocycles. The molecule has 0 aliphatic carbocycles. The summed E-state index contributed by atoms with van der Waals surface area (Å²) >= 11 is 0.689. The molecule has 3 rings (SSSR count). The molecule has 0 unspecified atom stereocenters. The van der Waals surface area contributed by atoms with Crippen LogP contribution in [0.5, 0.6) is 5.75 Å². The van der Waals surface area contributed by atoms with E-state index in [0.717, 1.165) is 4.90 Å². The highest BCUT2D eigenvalue weighted by Gasteiger charge is 2.36. The van der Waals surface area contributed by atoms with Crippen LogP contribution in [0.3, 0.4) is 0 Å². The first kappa shape index (κ1) is 17.7. The van der Waals surface area contributed by atoms with E-state index in [2.05, 4.69) is 5.32 Å². The molecule has 0 saturated carbocycles. The summed E-state index contributed by atoms with van der Waals surface area (Å²) in [6, 6.07) is 11.5. The number of hydrogen-bond donors (Lipinski definition) is 2. The zero-order valence-corrected chi connectivity index (χ0v) is 14.1. The summed E-state index contributed by atoms with van der Waals surface area (Å²) in [6.07, 6.45) is 1.40. The summed E-state index contributed by atoms with van der Waals surface area (Å²) in [5.74, 6) is -1.67. The number of amides is 3. The Balaban J connectivity index is 1.70. The Morgan fingerprint density at radius 2 is 1.96 bits per heavy atom. The molecule has 0 spiro atoms. The third kappa shape index (κ3) is 4.09. The maximum absolute atomic E-state index is 13.2.